The molecule has 0 spiro atoms. The van der Waals surface area contributed by atoms with Gasteiger partial charge in [0.25, 0.3) is 0 Å². The summed E-state index contributed by atoms with van der Waals surface area (Å²) in [5.41, 5.74) is 13.3. The number of halogens is 3. The van der Waals surface area contributed by atoms with Crippen LogP contribution in [0.4, 0.5) is 19.0 Å². The number of fused-ring (bicyclic) bond motifs is 1. The molecule has 3 aromatic rings. The molecule has 0 aliphatic carbocycles. The zero-order chi connectivity index (χ0) is 25.6. The summed E-state index contributed by atoms with van der Waals surface area (Å²) in [6.07, 6.45) is 7.61. The highest BCUT2D eigenvalue weighted by Gasteiger charge is 2.30. The molecule has 1 aliphatic heterocycles. The summed E-state index contributed by atoms with van der Waals surface area (Å²) in [4.78, 5) is 19.0. The highest BCUT2D eigenvalue weighted by atomic mass is 32.2. The van der Waals surface area contributed by atoms with E-state index in [1.54, 1.807) is 24.0 Å². The third kappa shape index (κ3) is 6.69. The second-order valence-corrected chi connectivity index (χ2v) is 8.91. The van der Waals surface area contributed by atoms with Crippen molar-refractivity contribution in [1.29, 1.82) is 5.41 Å². The van der Waals surface area contributed by atoms with Gasteiger partial charge in [-0.25, -0.2) is 15.0 Å². The molecule has 35 heavy (non-hydrogen) atoms. The summed E-state index contributed by atoms with van der Waals surface area (Å²) in [7, 11) is 0. The molecular weight excluding hydrogens is 479 g/mol. The van der Waals surface area contributed by atoms with Gasteiger partial charge in [-0.1, -0.05) is 0 Å². The van der Waals surface area contributed by atoms with E-state index in [-0.39, 0.29) is 17.7 Å². The van der Waals surface area contributed by atoms with E-state index in [0.29, 0.717) is 48.1 Å². The van der Waals surface area contributed by atoms with Crippen molar-refractivity contribution < 1.29 is 13.2 Å². The molecule has 188 valence electrons. The molecule has 0 radical (unpaired) electrons. The van der Waals surface area contributed by atoms with Crippen LogP contribution in [0, 0.1) is 11.3 Å². The Balaban J connectivity index is 0.00000108. The zero-order valence-corrected chi connectivity index (χ0v) is 20.2. The normalized spacial score (nSPS) is 18.8. The van der Waals surface area contributed by atoms with Gasteiger partial charge < -0.3 is 21.8 Å². The van der Waals surface area contributed by atoms with Crippen molar-refractivity contribution in [3.63, 3.8) is 0 Å². The fourth-order valence-electron chi connectivity index (χ4n) is 3.91. The van der Waals surface area contributed by atoms with Crippen LogP contribution in [0.1, 0.15) is 12.1 Å². The second-order valence-electron chi connectivity index (χ2n) is 8.10. The molecule has 3 aromatic heterocycles. The number of thioether (sulfide) groups is 1. The van der Waals surface area contributed by atoms with Crippen LogP contribution in [0.5, 0.6) is 0 Å². The summed E-state index contributed by atoms with van der Waals surface area (Å²) in [5, 5.41) is 7.57. The molecule has 0 bridgehead atoms. The summed E-state index contributed by atoms with van der Waals surface area (Å²) < 4.78 is 39.9. The van der Waals surface area contributed by atoms with Crippen LogP contribution in [-0.4, -0.2) is 68.4 Å². The van der Waals surface area contributed by atoms with Crippen molar-refractivity contribution in [2.24, 2.45) is 17.4 Å². The Hall–Kier alpha value is -3.19. The van der Waals surface area contributed by atoms with Crippen LogP contribution >= 0.6 is 11.8 Å². The van der Waals surface area contributed by atoms with Gasteiger partial charge in [-0.3, -0.25) is 9.38 Å². The average Bonchev–Trinajstić information content (AvgIpc) is 3.22. The smallest absolute Gasteiger partial charge is 0.394 e. The number of aromatic nitrogens is 5. The number of nitrogens with two attached hydrogens (primary N) is 2. The molecule has 1 fully saturated rings. The van der Waals surface area contributed by atoms with Gasteiger partial charge in [-0.2, -0.15) is 24.9 Å². The molecule has 2 unspecified atom stereocenters. The molecule has 13 heteroatoms. The summed E-state index contributed by atoms with van der Waals surface area (Å²) in [5.74, 6) is 0.930. The van der Waals surface area contributed by atoms with Gasteiger partial charge in [0.15, 0.2) is 11.5 Å². The van der Waals surface area contributed by atoms with Crippen molar-refractivity contribution >= 4 is 29.4 Å². The van der Waals surface area contributed by atoms with Crippen LogP contribution in [-0.2, 0) is 6.42 Å². The van der Waals surface area contributed by atoms with E-state index in [0.717, 1.165) is 0 Å². The predicted octanol–water partition coefficient (Wildman–Crippen LogP) is 2.92. The molecule has 0 aromatic carbocycles. The van der Waals surface area contributed by atoms with E-state index in [1.165, 1.54) is 35.4 Å². The van der Waals surface area contributed by atoms with Crippen LogP contribution in [0.15, 0.2) is 42.6 Å². The first-order valence-electron chi connectivity index (χ1n) is 10.7. The van der Waals surface area contributed by atoms with E-state index in [9.17, 15) is 13.2 Å². The summed E-state index contributed by atoms with van der Waals surface area (Å²) in [6, 6.07) is 1.61. The first kappa shape index (κ1) is 26.4. The van der Waals surface area contributed by atoms with E-state index in [4.69, 9.17) is 16.9 Å². The predicted molar refractivity (Wildman–Crippen MR) is 133 cm³/mol. The number of imidazole rings is 1. The quantitative estimate of drug-likeness (QED) is 0.449. The van der Waals surface area contributed by atoms with Crippen LogP contribution in [0.3, 0.4) is 0 Å². The molecule has 4 rings (SSSR count). The van der Waals surface area contributed by atoms with Crippen molar-refractivity contribution in [3.8, 4) is 11.5 Å². The monoisotopic (exact) mass is 507 g/mol. The van der Waals surface area contributed by atoms with Crippen LogP contribution in [0.2, 0.25) is 0 Å². The lowest BCUT2D eigenvalue weighted by atomic mass is 9.89. The lowest BCUT2D eigenvalue weighted by molar-refractivity contribution is -0.127. The van der Waals surface area contributed by atoms with Gasteiger partial charge in [-0.05, 0) is 36.8 Å². The molecule has 4 heterocycles. The number of piperidine rings is 1. The fourth-order valence-corrected chi connectivity index (χ4v) is 3.91. The van der Waals surface area contributed by atoms with Gasteiger partial charge in [0.1, 0.15) is 11.5 Å². The molecule has 1 aliphatic rings. The van der Waals surface area contributed by atoms with Crippen molar-refractivity contribution in [3.05, 3.63) is 48.3 Å². The highest BCUT2D eigenvalue weighted by Crippen LogP contribution is 2.27. The average molecular weight is 508 g/mol. The number of anilines is 1. The van der Waals surface area contributed by atoms with E-state index in [1.807, 2.05) is 17.4 Å². The largest absolute Gasteiger partial charge is 0.404 e. The minimum Gasteiger partial charge on any atom is -0.404 e. The van der Waals surface area contributed by atoms with Crippen molar-refractivity contribution in [2.45, 2.75) is 25.1 Å². The minimum atomic E-state index is -4.37. The molecule has 1 saturated heterocycles. The van der Waals surface area contributed by atoms with E-state index >= 15 is 0 Å². The van der Waals surface area contributed by atoms with Gasteiger partial charge in [0.2, 0.25) is 0 Å². The molecule has 5 N–H and O–H groups in total. The number of nitrogens with zero attached hydrogens (tertiary/aromatic N) is 6. The first-order chi connectivity index (χ1) is 16.7. The molecule has 2 atom stereocenters. The Morgan fingerprint density at radius 3 is 2.63 bits per heavy atom. The van der Waals surface area contributed by atoms with Crippen molar-refractivity contribution in [1.82, 2.24) is 24.3 Å². The second kappa shape index (κ2) is 11.5. The maximum absolute atomic E-state index is 12.8. The van der Waals surface area contributed by atoms with Crippen LogP contribution in [0.25, 0.3) is 17.2 Å². The lowest BCUT2D eigenvalue weighted by Crippen LogP contribution is -2.48. The Labute approximate surface area is 205 Å². The number of nitrogens with one attached hydrogen (secondary N) is 1. The molecule has 9 nitrogen and oxygen atoms in total. The third-order valence-corrected chi connectivity index (χ3v) is 5.34. The Morgan fingerprint density at radius 2 is 1.97 bits per heavy atom. The van der Waals surface area contributed by atoms with Crippen LogP contribution < -0.4 is 16.4 Å². The summed E-state index contributed by atoms with van der Waals surface area (Å²) in [6.45, 7) is 1.14. The zero-order valence-electron chi connectivity index (χ0n) is 19.4. The standard InChI is InChI=1S/C20H22F3N9.C2H6S/c21-20(22,23)4-15-11-32-16(7-29-18(32)8-28-15)19-27-2-1-17(30-19)31-9-12(3-14(26)10-31)13(5-24)6-25;1-3-2/h1-2,5-8,11-12,14,24H,3-4,9-10,25-26H2;1-2H3/b13-6+,24-5?;. The Kier molecular flexibility index (Phi) is 8.67. The van der Waals surface area contributed by atoms with Crippen molar-refractivity contribution in [2.75, 3.05) is 30.5 Å². The topological polar surface area (TPSA) is 135 Å². The molecular formula is C22H28F3N9S. The van der Waals surface area contributed by atoms with Gasteiger partial charge in [-0.15, -0.1) is 0 Å². The number of alkyl halides is 3. The van der Waals surface area contributed by atoms with Gasteiger partial charge in [0.05, 0.1) is 24.5 Å². The lowest BCUT2D eigenvalue weighted by Gasteiger charge is -2.37. The van der Waals surface area contributed by atoms with E-state index < -0.39 is 12.6 Å². The maximum atomic E-state index is 12.8. The number of hydrogen-bond donors (Lipinski definition) is 3. The third-order valence-electron chi connectivity index (χ3n) is 5.34. The van der Waals surface area contributed by atoms with Gasteiger partial charge >= 0.3 is 6.18 Å². The SMILES string of the molecule is CSC.N=C/C(=C\N)C1CC(N)CN(c2ccnc(-c3cnc4cnc(CC(F)(F)F)cn34)n2)C1. The Morgan fingerprint density at radius 1 is 1.23 bits per heavy atom. The summed E-state index contributed by atoms with van der Waals surface area (Å²) >= 11 is 1.75. The van der Waals surface area contributed by atoms with E-state index in [2.05, 4.69) is 19.9 Å². The first-order valence-corrected chi connectivity index (χ1v) is 12.4. The fraction of sp³-hybridized carbons (Fsp3) is 0.409. The highest BCUT2D eigenvalue weighted by molar-refractivity contribution is 7.97. The number of rotatable bonds is 5. The molecule has 0 saturated carbocycles. The maximum Gasteiger partial charge on any atom is 0.394 e. The molecule has 0 amide bonds. The van der Waals surface area contributed by atoms with Gasteiger partial charge in [0, 0.05) is 43.7 Å². The minimum absolute atomic E-state index is 0.00790. The number of hydrogen-bond acceptors (Lipinski definition) is 9. The Bertz CT molecular complexity index is 1180.